The van der Waals surface area contributed by atoms with Crippen molar-refractivity contribution in [3.05, 3.63) is 207 Å². The number of hydrogen-bond donors (Lipinski definition) is 1. The second-order valence-corrected chi connectivity index (χ2v) is 16.0. The number of nitrogens with zero attached hydrogens (tertiary/aromatic N) is 4. The maximum Gasteiger partial charge on any atom is 0.412 e. The highest BCUT2D eigenvalue weighted by Gasteiger charge is 2.25. The van der Waals surface area contributed by atoms with Crippen molar-refractivity contribution in [3.63, 3.8) is 0 Å². The Balaban J connectivity index is 1.07. The number of pyridine rings is 4. The summed E-state index contributed by atoms with van der Waals surface area (Å²) in [5.74, 6) is 0. The van der Waals surface area contributed by atoms with E-state index in [0.717, 1.165) is 84.4 Å². The minimum absolute atomic E-state index is 0.483. The van der Waals surface area contributed by atoms with Crippen molar-refractivity contribution in [2.45, 2.75) is 26.4 Å². The molecule has 5 aromatic carbocycles. The van der Waals surface area contributed by atoms with Crippen LogP contribution >= 0.6 is 0 Å². The summed E-state index contributed by atoms with van der Waals surface area (Å²) in [5, 5.41) is 2.85. The first kappa shape index (κ1) is 39.4. The number of benzene rings is 5. The van der Waals surface area contributed by atoms with Crippen molar-refractivity contribution >= 4 is 11.8 Å². The van der Waals surface area contributed by atoms with Gasteiger partial charge in [-0.1, -0.05) is 84.9 Å². The number of anilines is 1. The zero-order valence-corrected chi connectivity index (χ0v) is 34.7. The number of carbonyl (C=O) groups is 1. The molecule has 7 heteroatoms. The average Bonchev–Trinajstić information content (AvgIpc) is 3.32. The van der Waals surface area contributed by atoms with Gasteiger partial charge in [-0.2, -0.15) is 4.57 Å². The number of aromatic nitrogens is 4. The maximum atomic E-state index is 12.5. The molecule has 0 aliphatic heterocycles. The van der Waals surface area contributed by atoms with Crippen molar-refractivity contribution in [3.8, 4) is 84.4 Å². The standard InChI is InChI=1S/C55H43N5O2/c1-55(2,3)62-54(61)58-46-28-24-41(25-29-46)45-36-52(42-14-6-4-7-15-42)60(53(37-45)43-16-8-5-9-17-43)47-30-26-39(27-31-47)38-20-22-40(23-21-38)44-34-50(48-18-10-12-32-56-48)59-51(35-44)49-19-11-13-33-57-49/h4-37H,1-3H3/p+1. The Morgan fingerprint density at radius 3 is 1.32 bits per heavy atom. The van der Waals surface area contributed by atoms with Gasteiger partial charge in [-0.15, -0.1) is 0 Å². The molecule has 0 spiro atoms. The Hall–Kier alpha value is -8.03. The molecule has 4 heterocycles. The van der Waals surface area contributed by atoms with E-state index in [1.54, 1.807) is 12.4 Å². The smallest absolute Gasteiger partial charge is 0.412 e. The average molecular weight is 807 g/mol. The molecule has 0 saturated carbocycles. The molecular formula is C55H44N5O2+. The Kier molecular flexibility index (Phi) is 11.0. The topological polar surface area (TPSA) is 80.9 Å². The van der Waals surface area contributed by atoms with Gasteiger partial charge in [0.25, 0.3) is 0 Å². The quantitative estimate of drug-likeness (QED) is 0.147. The van der Waals surface area contributed by atoms with E-state index in [1.165, 1.54) is 0 Å². The van der Waals surface area contributed by atoms with Crippen molar-refractivity contribution in [2.75, 3.05) is 5.32 Å². The Morgan fingerprint density at radius 2 is 0.871 bits per heavy atom. The van der Waals surface area contributed by atoms with Crippen LogP contribution in [-0.4, -0.2) is 26.6 Å². The molecular weight excluding hydrogens is 763 g/mol. The molecule has 9 rings (SSSR count). The van der Waals surface area contributed by atoms with E-state index < -0.39 is 11.7 Å². The van der Waals surface area contributed by atoms with Crippen molar-refractivity contribution in [1.82, 2.24) is 15.0 Å². The molecule has 9 aromatic rings. The molecule has 7 nitrogen and oxygen atoms in total. The van der Waals surface area contributed by atoms with Crippen LogP contribution in [0, 0.1) is 0 Å². The lowest BCUT2D eigenvalue weighted by Gasteiger charge is -2.19. The second-order valence-electron chi connectivity index (χ2n) is 16.0. The molecule has 0 unspecified atom stereocenters. The lowest BCUT2D eigenvalue weighted by atomic mass is 9.97. The molecule has 0 fully saturated rings. The molecule has 1 N–H and O–H groups in total. The van der Waals surface area contributed by atoms with Gasteiger partial charge in [0.1, 0.15) is 5.60 Å². The SMILES string of the molecule is CC(C)(C)OC(=O)Nc1ccc(-c2cc(-c3ccccc3)[n+](-c3ccc(-c4ccc(-c5cc(-c6ccccn6)nc(-c6ccccn6)c5)cc4)cc3)c(-c3ccccc3)c2)cc1. The third-order valence-electron chi connectivity index (χ3n) is 10.4. The van der Waals surface area contributed by atoms with Gasteiger partial charge in [0, 0.05) is 53.5 Å². The highest BCUT2D eigenvalue weighted by Crippen LogP contribution is 2.34. The van der Waals surface area contributed by atoms with Gasteiger partial charge in [-0.05, 0) is 139 Å². The third kappa shape index (κ3) is 8.93. The lowest BCUT2D eigenvalue weighted by molar-refractivity contribution is -0.572. The summed E-state index contributed by atoms with van der Waals surface area (Å²) in [4.78, 5) is 26.6. The minimum Gasteiger partial charge on any atom is -0.444 e. The van der Waals surface area contributed by atoms with E-state index in [0.29, 0.717) is 5.69 Å². The third-order valence-corrected chi connectivity index (χ3v) is 10.4. The molecule has 0 bridgehead atoms. The van der Waals surface area contributed by atoms with E-state index in [-0.39, 0.29) is 0 Å². The summed E-state index contributed by atoms with van der Waals surface area (Å²) in [6.07, 6.45) is 3.10. The monoisotopic (exact) mass is 806 g/mol. The molecule has 62 heavy (non-hydrogen) atoms. The Labute approximate surface area is 362 Å². The summed E-state index contributed by atoms with van der Waals surface area (Å²) >= 11 is 0. The van der Waals surface area contributed by atoms with E-state index in [1.807, 2.05) is 93.6 Å². The van der Waals surface area contributed by atoms with Crippen molar-refractivity contribution in [2.24, 2.45) is 0 Å². The van der Waals surface area contributed by atoms with Gasteiger partial charge in [0.05, 0.1) is 22.8 Å². The summed E-state index contributed by atoms with van der Waals surface area (Å²) in [7, 11) is 0. The van der Waals surface area contributed by atoms with Crippen LogP contribution in [0.5, 0.6) is 0 Å². The van der Waals surface area contributed by atoms with Crippen LogP contribution in [0.4, 0.5) is 10.5 Å². The fourth-order valence-electron chi connectivity index (χ4n) is 7.50. The van der Waals surface area contributed by atoms with Crippen LogP contribution in [0.2, 0.25) is 0 Å². The van der Waals surface area contributed by atoms with E-state index in [9.17, 15) is 4.79 Å². The molecule has 4 aromatic heterocycles. The second kappa shape index (κ2) is 17.3. The van der Waals surface area contributed by atoms with E-state index in [4.69, 9.17) is 9.72 Å². The highest BCUT2D eigenvalue weighted by atomic mass is 16.6. The van der Waals surface area contributed by atoms with Gasteiger partial charge in [0.2, 0.25) is 17.1 Å². The fraction of sp³-hybridized carbons (Fsp3) is 0.0727. The van der Waals surface area contributed by atoms with Crippen LogP contribution in [0.3, 0.4) is 0 Å². The minimum atomic E-state index is -0.586. The summed E-state index contributed by atoms with van der Waals surface area (Å²) in [6.45, 7) is 5.55. The predicted molar refractivity (Wildman–Crippen MR) is 249 cm³/mol. The zero-order chi connectivity index (χ0) is 42.5. The molecule has 1 amide bonds. The Bertz CT molecular complexity index is 2830. The largest absolute Gasteiger partial charge is 0.444 e. The summed E-state index contributed by atoms with van der Waals surface area (Å²) < 4.78 is 7.80. The first-order valence-corrected chi connectivity index (χ1v) is 20.6. The molecule has 0 saturated heterocycles. The number of amides is 1. The molecule has 0 aliphatic rings. The number of rotatable bonds is 9. The molecule has 300 valence electrons. The van der Waals surface area contributed by atoms with Crippen LogP contribution in [0.25, 0.3) is 84.4 Å². The number of nitrogens with one attached hydrogen (secondary N) is 1. The number of carbonyl (C=O) groups excluding carboxylic acids is 1. The summed E-state index contributed by atoms with van der Waals surface area (Å²) in [5.41, 5.74) is 15.0. The van der Waals surface area contributed by atoms with Gasteiger partial charge >= 0.3 is 6.09 Å². The first-order chi connectivity index (χ1) is 30.2. The van der Waals surface area contributed by atoms with Gasteiger partial charge < -0.3 is 4.74 Å². The lowest BCUT2D eigenvalue weighted by Crippen LogP contribution is -2.36. The van der Waals surface area contributed by atoms with Gasteiger partial charge in [-0.25, -0.2) is 9.78 Å². The van der Waals surface area contributed by atoms with Crippen molar-refractivity contribution < 1.29 is 14.1 Å². The van der Waals surface area contributed by atoms with Crippen LogP contribution in [0.15, 0.2) is 207 Å². The number of hydrogen-bond acceptors (Lipinski definition) is 5. The van der Waals surface area contributed by atoms with E-state index in [2.05, 4.69) is 141 Å². The van der Waals surface area contributed by atoms with E-state index >= 15 is 0 Å². The van der Waals surface area contributed by atoms with Crippen LogP contribution in [0.1, 0.15) is 20.8 Å². The Morgan fingerprint density at radius 1 is 0.452 bits per heavy atom. The van der Waals surface area contributed by atoms with Gasteiger partial charge in [0.15, 0.2) is 0 Å². The highest BCUT2D eigenvalue weighted by molar-refractivity contribution is 5.86. The normalized spacial score (nSPS) is 11.2. The first-order valence-electron chi connectivity index (χ1n) is 20.6. The molecule has 0 aliphatic carbocycles. The van der Waals surface area contributed by atoms with Crippen molar-refractivity contribution in [1.29, 1.82) is 0 Å². The van der Waals surface area contributed by atoms with Crippen LogP contribution < -0.4 is 9.88 Å². The molecule has 0 radical (unpaired) electrons. The molecule has 0 atom stereocenters. The number of ether oxygens (including phenoxy) is 1. The fourth-order valence-corrected chi connectivity index (χ4v) is 7.50. The summed E-state index contributed by atoms with van der Waals surface area (Å²) in [6, 6.07) is 66.7. The van der Waals surface area contributed by atoms with Crippen LogP contribution in [-0.2, 0) is 4.74 Å². The zero-order valence-electron chi connectivity index (χ0n) is 34.7. The maximum absolute atomic E-state index is 12.5. The predicted octanol–water partition coefficient (Wildman–Crippen LogP) is 13.2. The van der Waals surface area contributed by atoms with Gasteiger partial charge in [-0.3, -0.25) is 15.3 Å².